The summed E-state index contributed by atoms with van der Waals surface area (Å²) in [5.74, 6) is -0.0420. The van der Waals surface area contributed by atoms with Crippen molar-refractivity contribution in [3.63, 3.8) is 0 Å². The largest absolute Gasteiger partial charge is 0.401 e. The van der Waals surface area contributed by atoms with E-state index in [1.165, 1.54) is 4.90 Å². The quantitative estimate of drug-likeness (QED) is 0.549. The van der Waals surface area contributed by atoms with Crippen LogP contribution in [0.4, 0.5) is 13.2 Å². The molecule has 0 aromatic carbocycles. The predicted molar refractivity (Wildman–Crippen MR) is 56.4 cm³/mol. The van der Waals surface area contributed by atoms with Crippen LogP contribution in [0.25, 0.3) is 0 Å². The number of nitrogens with two attached hydrogens (primary N) is 1. The monoisotopic (exact) mass is 237 g/mol. The molecule has 0 heterocycles. The normalized spacial score (nSPS) is 18.8. The first kappa shape index (κ1) is 13.3. The van der Waals surface area contributed by atoms with Gasteiger partial charge < -0.3 is 5.73 Å². The van der Waals surface area contributed by atoms with Crippen molar-refractivity contribution in [3.8, 4) is 0 Å². The first-order valence-electron chi connectivity index (χ1n) is 5.49. The Hall–Kier alpha value is -0.780. The van der Waals surface area contributed by atoms with Crippen molar-refractivity contribution in [2.24, 2.45) is 5.73 Å². The van der Waals surface area contributed by atoms with Crippen molar-refractivity contribution in [2.45, 2.75) is 50.9 Å². The van der Waals surface area contributed by atoms with Crippen LogP contribution < -0.4 is 5.73 Å². The van der Waals surface area contributed by atoms with E-state index in [0.717, 1.165) is 12.8 Å². The number of nitrogens with one attached hydrogen (secondary N) is 1. The summed E-state index contributed by atoms with van der Waals surface area (Å²) < 4.78 is 37.2. The van der Waals surface area contributed by atoms with Gasteiger partial charge in [0, 0.05) is 18.5 Å². The molecule has 0 saturated heterocycles. The van der Waals surface area contributed by atoms with Crippen LogP contribution in [0.5, 0.6) is 0 Å². The van der Waals surface area contributed by atoms with E-state index in [4.69, 9.17) is 11.1 Å². The molecule has 1 unspecified atom stereocenters. The van der Waals surface area contributed by atoms with E-state index >= 15 is 0 Å². The molecule has 1 atom stereocenters. The number of nitrogens with zero attached hydrogens (tertiary/aromatic N) is 1. The van der Waals surface area contributed by atoms with Crippen LogP contribution in [-0.2, 0) is 0 Å². The maximum atomic E-state index is 12.4. The van der Waals surface area contributed by atoms with Gasteiger partial charge in [0.15, 0.2) is 0 Å². The molecule has 94 valence electrons. The summed E-state index contributed by atoms with van der Waals surface area (Å²) >= 11 is 0. The average molecular weight is 237 g/mol. The SMILES string of the molecule is CCC(CC(=N)N)N(CC(F)(F)F)C1CC1. The van der Waals surface area contributed by atoms with Crippen LogP contribution in [0.1, 0.15) is 32.6 Å². The Morgan fingerprint density at radius 2 is 2.06 bits per heavy atom. The molecule has 0 aliphatic heterocycles. The lowest BCUT2D eigenvalue weighted by Gasteiger charge is -2.31. The maximum Gasteiger partial charge on any atom is 0.401 e. The van der Waals surface area contributed by atoms with E-state index in [0.29, 0.717) is 6.42 Å². The second-order valence-corrected chi connectivity index (χ2v) is 4.31. The van der Waals surface area contributed by atoms with Crippen LogP contribution in [0.3, 0.4) is 0 Å². The van der Waals surface area contributed by atoms with E-state index in [1.54, 1.807) is 0 Å². The molecular formula is C10H18F3N3. The molecule has 0 aromatic heterocycles. The summed E-state index contributed by atoms with van der Waals surface area (Å²) in [4.78, 5) is 1.46. The van der Waals surface area contributed by atoms with Gasteiger partial charge in [0.05, 0.1) is 12.4 Å². The third kappa shape index (κ3) is 4.38. The third-order valence-corrected chi connectivity index (χ3v) is 2.77. The number of amidine groups is 1. The van der Waals surface area contributed by atoms with Crippen LogP contribution in [0.15, 0.2) is 0 Å². The van der Waals surface area contributed by atoms with E-state index in [9.17, 15) is 13.2 Å². The molecule has 1 fully saturated rings. The Kier molecular flexibility index (Phi) is 4.18. The molecule has 3 nitrogen and oxygen atoms in total. The first-order chi connectivity index (χ1) is 7.33. The third-order valence-electron chi connectivity index (χ3n) is 2.77. The van der Waals surface area contributed by atoms with Crippen LogP contribution in [0, 0.1) is 5.41 Å². The van der Waals surface area contributed by atoms with Crippen LogP contribution in [-0.4, -0.2) is 35.5 Å². The molecule has 0 bridgehead atoms. The van der Waals surface area contributed by atoms with Gasteiger partial charge in [0.25, 0.3) is 0 Å². The van der Waals surface area contributed by atoms with Gasteiger partial charge in [-0.05, 0) is 19.3 Å². The van der Waals surface area contributed by atoms with Gasteiger partial charge in [0.1, 0.15) is 0 Å². The fraction of sp³-hybridized carbons (Fsp3) is 0.900. The molecule has 6 heteroatoms. The number of alkyl halides is 3. The summed E-state index contributed by atoms with van der Waals surface area (Å²) in [5, 5.41) is 7.18. The lowest BCUT2D eigenvalue weighted by molar-refractivity contribution is -0.152. The van der Waals surface area contributed by atoms with Gasteiger partial charge in [-0.1, -0.05) is 6.92 Å². The second-order valence-electron chi connectivity index (χ2n) is 4.31. The van der Waals surface area contributed by atoms with Crippen molar-refractivity contribution in [1.82, 2.24) is 4.90 Å². The van der Waals surface area contributed by atoms with E-state index in [-0.39, 0.29) is 24.3 Å². The standard InChI is InChI=1S/C10H18F3N3/c1-2-7(5-9(14)15)16(8-3-4-8)6-10(11,12)13/h7-8H,2-6H2,1H3,(H3,14,15). The van der Waals surface area contributed by atoms with Gasteiger partial charge in [-0.2, -0.15) is 13.2 Å². The zero-order valence-electron chi connectivity index (χ0n) is 9.35. The Morgan fingerprint density at radius 1 is 1.50 bits per heavy atom. The molecule has 0 amide bonds. The maximum absolute atomic E-state index is 12.4. The highest BCUT2D eigenvalue weighted by atomic mass is 19.4. The van der Waals surface area contributed by atoms with Crippen molar-refractivity contribution in [3.05, 3.63) is 0 Å². The molecule has 1 aliphatic rings. The lowest BCUT2D eigenvalue weighted by atomic mass is 10.1. The number of hydrogen-bond acceptors (Lipinski definition) is 2. The van der Waals surface area contributed by atoms with Gasteiger partial charge in [-0.15, -0.1) is 0 Å². The van der Waals surface area contributed by atoms with Crippen LogP contribution >= 0.6 is 0 Å². The summed E-state index contributed by atoms with van der Waals surface area (Å²) in [7, 11) is 0. The zero-order valence-corrected chi connectivity index (χ0v) is 9.35. The van der Waals surface area contributed by atoms with Crippen molar-refractivity contribution in [2.75, 3.05) is 6.54 Å². The smallest absolute Gasteiger partial charge is 0.388 e. The molecule has 0 radical (unpaired) electrons. The van der Waals surface area contributed by atoms with Gasteiger partial charge in [-0.25, -0.2) is 0 Å². The highest BCUT2D eigenvalue weighted by molar-refractivity contribution is 5.77. The van der Waals surface area contributed by atoms with Crippen molar-refractivity contribution >= 4 is 5.84 Å². The Bertz CT molecular complexity index is 248. The lowest BCUT2D eigenvalue weighted by Crippen LogP contribution is -2.44. The van der Waals surface area contributed by atoms with E-state index in [1.807, 2.05) is 6.92 Å². The number of halogens is 3. The fourth-order valence-electron chi connectivity index (χ4n) is 1.92. The molecule has 3 N–H and O–H groups in total. The highest BCUT2D eigenvalue weighted by Crippen LogP contribution is 2.33. The summed E-state index contributed by atoms with van der Waals surface area (Å²) in [6.45, 7) is 0.947. The van der Waals surface area contributed by atoms with E-state index in [2.05, 4.69) is 0 Å². The summed E-state index contributed by atoms with van der Waals surface area (Å²) in [6, 6.07) is -0.224. The molecule has 1 saturated carbocycles. The Balaban J connectivity index is 2.62. The minimum absolute atomic E-state index is 0.0333. The van der Waals surface area contributed by atoms with Crippen molar-refractivity contribution < 1.29 is 13.2 Å². The average Bonchev–Trinajstić information content (AvgIpc) is 2.91. The Labute approximate surface area is 93.3 Å². The van der Waals surface area contributed by atoms with Gasteiger partial charge >= 0.3 is 6.18 Å². The summed E-state index contributed by atoms with van der Waals surface area (Å²) in [6.07, 6.45) is -1.71. The van der Waals surface area contributed by atoms with E-state index < -0.39 is 12.7 Å². The molecule has 1 rings (SSSR count). The molecule has 16 heavy (non-hydrogen) atoms. The molecule has 0 spiro atoms. The highest BCUT2D eigenvalue weighted by Gasteiger charge is 2.40. The second kappa shape index (κ2) is 5.03. The Morgan fingerprint density at radius 3 is 2.38 bits per heavy atom. The van der Waals surface area contributed by atoms with Gasteiger partial charge in [-0.3, -0.25) is 10.3 Å². The number of hydrogen-bond donors (Lipinski definition) is 2. The predicted octanol–water partition coefficient (Wildman–Crippen LogP) is 2.12. The minimum Gasteiger partial charge on any atom is -0.388 e. The van der Waals surface area contributed by atoms with Gasteiger partial charge in [0.2, 0.25) is 0 Å². The van der Waals surface area contributed by atoms with Crippen LogP contribution in [0.2, 0.25) is 0 Å². The topological polar surface area (TPSA) is 53.1 Å². The molecule has 0 aromatic rings. The molecular weight excluding hydrogens is 219 g/mol. The zero-order chi connectivity index (χ0) is 12.3. The molecule has 1 aliphatic carbocycles. The minimum atomic E-state index is -4.17. The van der Waals surface area contributed by atoms with Crippen molar-refractivity contribution in [1.29, 1.82) is 5.41 Å². The number of rotatable bonds is 6. The summed E-state index contributed by atoms with van der Waals surface area (Å²) in [5.41, 5.74) is 5.27. The fourth-order valence-corrected chi connectivity index (χ4v) is 1.92. The first-order valence-corrected chi connectivity index (χ1v) is 5.49.